The molecule has 0 aromatic rings. The first kappa shape index (κ1) is 13.8. The van der Waals surface area contributed by atoms with Gasteiger partial charge >= 0.3 is 0 Å². The van der Waals surface area contributed by atoms with Crippen LogP contribution in [0.4, 0.5) is 0 Å². The fourth-order valence-electron chi connectivity index (χ4n) is 1.41. The quantitative estimate of drug-likeness (QED) is 0.536. The molecule has 5 nitrogen and oxygen atoms in total. The van der Waals surface area contributed by atoms with Crippen molar-refractivity contribution in [3.63, 3.8) is 0 Å². The summed E-state index contributed by atoms with van der Waals surface area (Å²) in [6, 6.07) is -0.0256. The summed E-state index contributed by atoms with van der Waals surface area (Å²) in [7, 11) is 0. The Balaban J connectivity index is 4.11. The molecule has 15 heavy (non-hydrogen) atoms. The molecule has 1 amide bonds. The number of hydrogen-bond acceptors (Lipinski definition) is 4. The normalized spacial score (nSPS) is 12.4. The molecule has 86 valence electrons. The van der Waals surface area contributed by atoms with Crippen molar-refractivity contribution >= 4 is 18.5 Å². The zero-order valence-corrected chi connectivity index (χ0v) is 9.02. The second-order valence-corrected chi connectivity index (χ2v) is 3.47. The predicted octanol–water partition coefficient (Wildman–Crippen LogP) is -0.270. The van der Waals surface area contributed by atoms with Gasteiger partial charge in [0, 0.05) is 38.4 Å². The predicted molar refractivity (Wildman–Crippen MR) is 56.2 cm³/mol. The number of primary amides is 1. The van der Waals surface area contributed by atoms with E-state index in [0.717, 1.165) is 12.6 Å². The fourth-order valence-corrected chi connectivity index (χ4v) is 1.41. The highest BCUT2D eigenvalue weighted by Gasteiger charge is 2.14. The van der Waals surface area contributed by atoms with Gasteiger partial charge in [0.2, 0.25) is 5.91 Å². The van der Waals surface area contributed by atoms with Crippen LogP contribution in [0, 0.1) is 0 Å². The van der Waals surface area contributed by atoms with E-state index in [1.807, 2.05) is 11.8 Å². The minimum absolute atomic E-state index is 0.0256. The number of carbonyl (C=O) groups excluding carboxylic acids is 3. The van der Waals surface area contributed by atoms with Gasteiger partial charge in [-0.3, -0.25) is 9.69 Å². The molecule has 1 atom stereocenters. The first-order valence-corrected chi connectivity index (χ1v) is 5.01. The first-order valence-electron chi connectivity index (χ1n) is 5.01. The lowest BCUT2D eigenvalue weighted by Gasteiger charge is -2.26. The molecule has 0 aliphatic carbocycles. The van der Waals surface area contributed by atoms with Crippen molar-refractivity contribution in [1.29, 1.82) is 0 Å². The van der Waals surface area contributed by atoms with Crippen molar-refractivity contribution in [3.8, 4) is 0 Å². The molecule has 0 saturated heterocycles. The second kappa shape index (κ2) is 8.11. The summed E-state index contributed by atoms with van der Waals surface area (Å²) in [5.74, 6) is -0.371. The standard InChI is InChI=1S/C10H18N2O3/c1-9(8-10(11)15)12(4-2-6-13)5-3-7-14/h6-7,9H,2-5,8H2,1H3,(H2,11,15). The largest absolute Gasteiger partial charge is 0.370 e. The molecule has 0 rings (SSSR count). The number of nitrogens with two attached hydrogens (primary N) is 1. The van der Waals surface area contributed by atoms with Crippen molar-refractivity contribution in [2.24, 2.45) is 5.73 Å². The summed E-state index contributed by atoms with van der Waals surface area (Å²) in [5.41, 5.74) is 5.08. The number of aldehydes is 2. The first-order chi connectivity index (χ1) is 7.11. The van der Waals surface area contributed by atoms with E-state index in [2.05, 4.69) is 0 Å². The number of rotatable bonds is 9. The SMILES string of the molecule is CC(CC(N)=O)N(CCC=O)CCC=O. The van der Waals surface area contributed by atoms with Crippen molar-refractivity contribution in [1.82, 2.24) is 4.90 Å². The van der Waals surface area contributed by atoms with Crippen LogP contribution in [0.5, 0.6) is 0 Å². The molecule has 0 spiro atoms. The Kier molecular flexibility index (Phi) is 7.44. The van der Waals surface area contributed by atoms with Crippen LogP contribution in [0.2, 0.25) is 0 Å². The Morgan fingerprint density at radius 1 is 1.27 bits per heavy atom. The minimum Gasteiger partial charge on any atom is -0.370 e. The van der Waals surface area contributed by atoms with Crippen LogP contribution >= 0.6 is 0 Å². The lowest BCUT2D eigenvalue weighted by atomic mass is 10.2. The molecule has 0 bridgehead atoms. The van der Waals surface area contributed by atoms with Gasteiger partial charge in [0.25, 0.3) is 0 Å². The van der Waals surface area contributed by atoms with Gasteiger partial charge in [-0.25, -0.2) is 0 Å². The van der Waals surface area contributed by atoms with E-state index in [1.165, 1.54) is 0 Å². The number of nitrogens with zero attached hydrogens (tertiary/aromatic N) is 1. The smallest absolute Gasteiger partial charge is 0.218 e. The number of hydrogen-bond donors (Lipinski definition) is 1. The lowest BCUT2D eigenvalue weighted by Crippen LogP contribution is -2.37. The number of amides is 1. The molecule has 0 fully saturated rings. The molecule has 2 N–H and O–H groups in total. The highest BCUT2D eigenvalue weighted by molar-refractivity contribution is 5.74. The molecule has 0 saturated carbocycles. The average molecular weight is 214 g/mol. The van der Waals surface area contributed by atoms with E-state index in [9.17, 15) is 14.4 Å². The van der Waals surface area contributed by atoms with E-state index in [-0.39, 0.29) is 18.4 Å². The molecule has 0 heterocycles. The van der Waals surface area contributed by atoms with Gasteiger partial charge in [-0.15, -0.1) is 0 Å². The van der Waals surface area contributed by atoms with Crippen molar-refractivity contribution in [3.05, 3.63) is 0 Å². The summed E-state index contributed by atoms with van der Waals surface area (Å²) in [6.45, 7) is 2.98. The summed E-state index contributed by atoms with van der Waals surface area (Å²) < 4.78 is 0. The number of carbonyl (C=O) groups is 3. The summed E-state index contributed by atoms with van der Waals surface area (Å²) in [6.07, 6.45) is 2.71. The van der Waals surface area contributed by atoms with Gasteiger partial charge in [0.05, 0.1) is 0 Å². The molecule has 0 radical (unpaired) electrons. The van der Waals surface area contributed by atoms with Crippen LogP contribution in [-0.2, 0) is 14.4 Å². The van der Waals surface area contributed by atoms with Crippen molar-refractivity contribution < 1.29 is 14.4 Å². The van der Waals surface area contributed by atoms with Crippen LogP contribution < -0.4 is 5.73 Å². The Morgan fingerprint density at radius 2 is 1.73 bits per heavy atom. The van der Waals surface area contributed by atoms with Crippen LogP contribution in [0.3, 0.4) is 0 Å². The average Bonchev–Trinajstić information content (AvgIpc) is 2.17. The molecule has 0 aliphatic heterocycles. The summed E-state index contributed by atoms with van der Waals surface area (Å²) in [5, 5.41) is 0. The molecule has 0 aromatic heterocycles. The maximum absolute atomic E-state index is 10.7. The highest BCUT2D eigenvalue weighted by atomic mass is 16.1. The van der Waals surface area contributed by atoms with Crippen molar-refractivity contribution in [2.45, 2.75) is 32.2 Å². The van der Waals surface area contributed by atoms with Gasteiger partial charge in [-0.2, -0.15) is 0 Å². The maximum Gasteiger partial charge on any atom is 0.218 e. The zero-order chi connectivity index (χ0) is 11.7. The molecule has 5 heteroatoms. The van der Waals surface area contributed by atoms with Crippen LogP contribution in [0.15, 0.2) is 0 Å². The monoisotopic (exact) mass is 214 g/mol. The van der Waals surface area contributed by atoms with E-state index in [1.54, 1.807) is 0 Å². The maximum atomic E-state index is 10.7. The molecule has 1 unspecified atom stereocenters. The van der Waals surface area contributed by atoms with E-state index >= 15 is 0 Å². The third kappa shape index (κ3) is 6.79. The fraction of sp³-hybridized carbons (Fsp3) is 0.700. The summed E-state index contributed by atoms with van der Waals surface area (Å²) in [4.78, 5) is 33.1. The molecule has 0 aromatic carbocycles. The second-order valence-electron chi connectivity index (χ2n) is 3.47. The van der Waals surface area contributed by atoms with Gasteiger partial charge in [0.15, 0.2) is 0 Å². The lowest BCUT2D eigenvalue weighted by molar-refractivity contribution is -0.119. The van der Waals surface area contributed by atoms with Gasteiger partial charge in [-0.1, -0.05) is 0 Å². The van der Waals surface area contributed by atoms with Crippen LogP contribution in [-0.4, -0.2) is 42.5 Å². The van der Waals surface area contributed by atoms with E-state index < -0.39 is 0 Å². The third-order valence-corrected chi connectivity index (χ3v) is 2.19. The van der Waals surface area contributed by atoms with Crippen molar-refractivity contribution in [2.75, 3.05) is 13.1 Å². The van der Waals surface area contributed by atoms with Crippen LogP contribution in [0.25, 0.3) is 0 Å². The van der Waals surface area contributed by atoms with Gasteiger partial charge in [0.1, 0.15) is 12.6 Å². The van der Waals surface area contributed by atoms with Crippen LogP contribution in [0.1, 0.15) is 26.2 Å². The van der Waals surface area contributed by atoms with Gasteiger partial charge < -0.3 is 15.3 Å². The Hall–Kier alpha value is -1.23. The molecule has 0 aliphatic rings. The van der Waals surface area contributed by atoms with E-state index in [0.29, 0.717) is 25.9 Å². The Labute approximate surface area is 89.6 Å². The molecular formula is C10H18N2O3. The zero-order valence-electron chi connectivity index (χ0n) is 9.02. The van der Waals surface area contributed by atoms with Gasteiger partial charge in [-0.05, 0) is 6.92 Å². The Morgan fingerprint density at radius 3 is 2.07 bits per heavy atom. The molecular weight excluding hydrogens is 196 g/mol. The third-order valence-electron chi connectivity index (χ3n) is 2.19. The topological polar surface area (TPSA) is 80.5 Å². The highest BCUT2D eigenvalue weighted by Crippen LogP contribution is 2.04. The summed E-state index contributed by atoms with van der Waals surface area (Å²) >= 11 is 0. The minimum atomic E-state index is -0.371. The Bertz CT molecular complexity index is 207. The van der Waals surface area contributed by atoms with E-state index in [4.69, 9.17) is 5.73 Å².